The van der Waals surface area contributed by atoms with Crippen molar-refractivity contribution in [1.29, 1.82) is 0 Å². The Labute approximate surface area is 125 Å². The fourth-order valence-corrected chi connectivity index (χ4v) is 1.94. The zero-order chi connectivity index (χ0) is 15.2. The van der Waals surface area contributed by atoms with Crippen LogP contribution in [0.5, 0.6) is 5.75 Å². The number of phenols is 1. The lowest BCUT2D eigenvalue weighted by Crippen LogP contribution is -2.22. The number of rotatable bonds is 4. The lowest BCUT2D eigenvalue weighted by molar-refractivity contribution is 0.475. The number of hydrogen-bond acceptors (Lipinski definition) is 2. The van der Waals surface area contributed by atoms with Gasteiger partial charge >= 0.3 is 0 Å². The fraction of sp³-hybridized carbons (Fsp3) is 0.235. The van der Waals surface area contributed by atoms with E-state index < -0.39 is 0 Å². The van der Waals surface area contributed by atoms with Crippen LogP contribution < -0.4 is 11.1 Å². The van der Waals surface area contributed by atoms with Gasteiger partial charge < -0.3 is 16.2 Å². The van der Waals surface area contributed by atoms with Crippen molar-refractivity contribution in [3.63, 3.8) is 0 Å². The molecule has 0 aromatic heterocycles. The predicted molar refractivity (Wildman–Crippen MR) is 87.6 cm³/mol. The number of hydrogen-bond donors (Lipinski definition) is 3. The Hall–Kier alpha value is -2.49. The molecule has 0 spiro atoms. The summed E-state index contributed by atoms with van der Waals surface area (Å²) in [6, 6.07) is 15.1. The number of anilines is 1. The van der Waals surface area contributed by atoms with Crippen molar-refractivity contribution in [1.82, 2.24) is 0 Å². The molecule has 0 heterocycles. The molecule has 110 valence electrons. The van der Waals surface area contributed by atoms with E-state index in [9.17, 15) is 5.11 Å². The Morgan fingerprint density at radius 1 is 1.19 bits per heavy atom. The van der Waals surface area contributed by atoms with E-state index in [4.69, 9.17) is 5.73 Å². The van der Waals surface area contributed by atoms with Crippen LogP contribution in [-0.2, 0) is 6.54 Å². The van der Waals surface area contributed by atoms with Crippen molar-refractivity contribution in [2.45, 2.75) is 26.3 Å². The van der Waals surface area contributed by atoms with Gasteiger partial charge in [-0.2, -0.15) is 0 Å². The molecule has 0 amide bonds. The van der Waals surface area contributed by atoms with Gasteiger partial charge in [-0.1, -0.05) is 38.1 Å². The number of nitrogens with zero attached hydrogens (tertiary/aromatic N) is 1. The van der Waals surface area contributed by atoms with Crippen LogP contribution in [0.4, 0.5) is 5.69 Å². The minimum Gasteiger partial charge on any atom is -0.508 e. The highest BCUT2D eigenvalue weighted by atomic mass is 16.3. The van der Waals surface area contributed by atoms with Crippen LogP contribution >= 0.6 is 0 Å². The van der Waals surface area contributed by atoms with E-state index in [0.717, 1.165) is 11.3 Å². The predicted octanol–water partition coefficient (Wildman–Crippen LogP) is 3.44. The molecule has 0 bridgehead atoms. The molecular weight excluding hydrogens is 262 g/mol. The second-order valence-electron chi connectivity index (χ2n) is 5.27. The highest BCUT2D eigenvalue weighted by Crippen LogP contribution is 2.18. The molecule has 0 atom stereocenters. The summed E-state index contributed by atoms with van der Waals surface area (Å²) in [5.41, 5.74) is 9.09. The number of nitrogens with one attached hydrogen (secondary N) is 1. The van der Waals surface area contributed by atoms with Crippen LogP contribution in [-0.4, -0.2) is 11.1 Å². The summed E-state index contributed by atoms with van der Waals surface area (Å²) in [6.07, 6.45) is 0. The Morgan fingerprint density at radius 2 is 1.90 bits per heavy atom. The Morgan fingerprint density at radius 3 is 2.57 bits per heavy atom. The summed E-state index contributed by atoms with van der Waals surface area (Å²) in [4.78, 5) is 4.30. The van der Waals surface area contributed by atoms with E-state index in [0.29, 0.717) is 18.4 Å². The first-order valence-corrected chi connectivity index (χ1v) is 6.99. The molecular formula is C17H21N3O. The van der Waals surface area contributed by atoms with E-state index >= 15 is 0 Å². The summed E-state index contributed by atoms with van der Waals surface area (Å²) in [5.74, 6) is 1.10. The normalized spacial score (nSPS) is 11.7. The van der Waals surface area contributed by atoms with E-state index in [2.05, 4.69) is 36.3 Å². The third-order valence-corrected chi connectivity index (χ3v) is 3.19. The quantitative estimate of drug-likeness (QED) is 0.594. The van der Waals surface area contributed by atoms with Crippen molar-refractivity contribution in [2.75, 3.05) is 5.32 Å². The number of benzene rings is 2. The van der Waals surface area contributed by atoms with E-state index in [1.54, 1.807) is 12.1 Å². The fourth-order valence-electron chi connectivity index (χ4n) is 1.94. The van der Waals surface area contributed by atoms with Gasteiger partial charge in [-0.05, 0) is 41.3 Å². The Balaban J connectivity index is 2.00. The van der Waals surface area contributed by atoms with E-state index in [1.165, 1.54) is 5.56 Å². The second kappa shape index (κ2) is 6.79. The van der Waals surface area contributed by atoms with Crippen LogP contribution in [0.15, 0.2) is 53.5 Å². The highest BCUT2D eigenvalue weighted by molar-refractivity contribution is 5.92. The molecule has 4 nitrogen and oxygen atoms in total. The monoisotopic (exact) mass is 283 g/mol. The van der Waals surface area contributed by atoms with Crippen LogP contribution in [0.25, 0.3) is 0 Å². The van der Waals surface area contributed by atoms with Gasteiger partial charge in [-0.15, -0.1) is 0 Å². The topological polar surface area (TPSA) is 70.6 Å². The highest BCUT2D eigenvalue weighted by Gasteiger charge is 2.01. The summed E-state index contributed by atoms with van der Waals surface area (Å²) < 4.78 is 0. The van der Waals surface area contributed by atoms with Gasteiger partial charge in [0.05, 0.1) is 6.54 Å². The molecule has 0 unspecified atom stereocenters. The Bertz CT molecular complexity index is 618. The first-order valence-electron chi connectivity index (χ1n) is 6.99. The number of guanidine groups is 1. The molecule has 4 N–H and O–H groups in total. The molecule has 2 rings (SSSR count). The lowest BCUT2D eigenvalue weighted by atomic mass is 10.0. The molecule has 2 aromatic carbocycles. The Kier molecular flexibility index (Phi) is 4.82. The molecule has 4 heteroatoms. The van der Waals surface area contributed by atoms with Crippen molar-refractivity contribution >= 4 is 11.6 Å². The molecule has 21 heavy (non-hydrogen) atoms. The van der Waals surface area contributed by atoms with Crippen LogP contribution in [0, 0.1) is 0 Å². The van der Waals surface area contributed by atoms with Crippen molar-refractivity contribution in [2.24, 2.45) is 10.7 Å². The summed E-state index contributed by atoms with van der Waals surface area (Å²) in [6.45, 7) is 4.78. The van der Waals surface area contributed by atoms with Crippen molar-refractivity contribution in [3.05, 3.63) is 59.7 Å². The van der Waals surface area contributed by atoms with Gasteiger partial charge in [0.25, 0.3) is 0 Å². The first kappa shape index (κ1) is 14.9. The van der Waals surface area contributed by atoms with Gasteiger partial charge in [0.1, 0.15) is 5.75 Å². The number of aliphatic imine (C=N–C) groups is 1. The lowest BCUT2D eigenvalue weighted by Gasteiger charge is -2.10. The number of nitrogens with two attached hydrogens (primary N) is 1. The minimum absolute atomic E-state index is 0.249. The third-order valence-electron chi connectivity index (χ3n) is 3.19. The average molecular weight is 283 g/mol. The van der Waals surface area contributed by atoms with Crippen LogP contribution in [0.1, 0.15) is 30.9 Å². The van der Waals surface area contributed by atoms with Crippen LogP contribution in [0.3, 0.4) is 0 Å². The number of aromatic hydroxyl groups is 1. The summed E-state index contributed by atoms with van der Waals surface area (Å²) >= 11 is 0. The van der Waals surface area contributed by atoms with Gasteiger partial charge in [0, 0.05) is 5.69 Å². The SMILES string of the molecule is CC(C)c1cccc(NC(N)=NCc2ccc(O)cc2)c1. The summed E-state index contributed by atoms with van der Waals surface area (Å²) in [5, 5.41) is 12.3. The minimum atomic E-state index is 0.249. The molecule has 0 aliphatic rings. The second-order valence-corrected chi connectivity index (χ2v) is 5.27. The van der Waals surface area contributed by atoms with Crippen molar-refractivity contribution < 1.29 is 5.11 Å². The number of phenolic OH excluding ortho intramolecular Hbond substituents is 1. The zero-order valence-electron chi connectivity index (χ0n) is 12.4. The molecule has 0 saturated carbocycles. The molecule has 0 aliphatic carbocycles. The molecule has 0 radical (unpaired) electrons. The van der Waals surface area contributed by atoms with Crippen molar-refractivity contribution in [3.8, 4) is 5.75 Å². The van der Waals surface area contributed by atoms with Gasteiger partial charge in [0.15, 0.2) is 5.96 Å². The maximum atomic E-state index is 9.23. The van der Waals surface area contributed by atoms with Gasteiger partial charge in [-0.25, -0.2) is 4.99 Å². The summed E-state index contributed by atoms with van der Waals surface area (Å²) in [7, 11) is 0. The van der Waals surface area contributed by atoms with Gasteiger partial charge in [0.2, 0.25) is 0 Å². The molecule has 0 aliphatic heterocycles. The first-order chi connectivity index (χ1) is 10.0. The largest absolute Gasteiger partial charge is 0.508 e. The van der Waals surface area contributed by atoms with Crippen LogP contribution in [0.2, 0.25) is 0 Å². The molecule has 2 aromatic rings. The maximum Gasteiger partial charge on any atom is 0.193 e. The third kappa shape index (κ3) is 4.53. The molecule has 0 saturated heterocycles. The smallest absolute Gasteiger partial charge is 0.193 e. The molecule has 0 fully saturated rings. The maximum absolute atomic E-state index is 9.23. The zero-order valence-corrected chi connectivity index (χ0v) is 12.4. The van der Waals surface area contributed by atoms with E-state index in [1.807, 2.05) is 24.3 Å². The average Bonchev–Trinajstić information content (AvgIpc) is 2.47. The van der Waals surface area contributed by atoms with Gasteiger partial charge in [-0.3, -0.25) is 0 Å². The van der Waals surface area contributed by atoms with E-state index in [-0.39, 0.29) is 5.75 Å². The standard InChI is InChI=1S/C17H21N3O/c1-12(2)14-4-3-5-15(10-14)20-17(18)19-11-13-6-8-16(21)9-7-13/h3-10,12,21H,11H2,1-2H3,(H3,18,19,20).